The Morgan fingerprint density at radius 1 is 1.37 bits per heavy atom. The van der Waals surface area contributed by atoms with E-state index >= 15 is 0 Å². The summed E-state index contributed by atoms with van der Waals surface area (Å²) < 4.78 is 1.23. The molecule has 19 heavy (non-hydrogen) atoms. The molecule has 3 heterocycles. The number of nitrogens with one attached hydrogen (secondary N) is 1. The van der Waals surface area contributed by atoms with Gasteiger partial charge in [-0.2, -0.15) is 11.8 Å². The number of fused-ring (bicyclic) bond motifs is 1. The predicted molar refractivity (Wildman–Crippen MR) is 82.8 cm³/mol. The number of aromatic nitrogens is 1. The summed E-state index contributed by atoms with van der Waals surface area (Å²) >= 11 is 3.65. The summed E-state index contributed by atoms with van der Waals surface area (Å²) in [5, 5.41) is 15.8. The van der Waals surface area contributed by atoms with E-state index in [1.807, 2.05) is 24.0 Å². The van der Waals surface area contributed by atoms with E-state index in [-0.39, 0.29) is 0 Å². The molecule has 1 aliphatic rings. The van der Waals surface area contributed by atoms with Crippen LogP contribution in [0, 0.1) is 0 Å². The molecule has 3 nitrogen and oxygen atoms in total. The number of hydrogen-bond donors (Lipinski definition) is 2. The molecule has 3 rings (SSSR count). The first-order valence-corrected chi connectivity index (χ1v) is 8.62. The highest BCUT2D eigenvalue weighted by molar-refractivity contribution is 7.99. The molecule has 0 aliphatic carbocycles. The molecule has 102 valence electrons. The minimum absolute atomic E-state index is 0.508. The summed E-state index contributed by atoms with van der Waals surface area (Å²) in [6, 6.07) is 4.22. The van der Waals surface area contributed by atoms with Gasteiger partial charge in [0.2, 0.25) is 0 Å². The highest BCUT2D eigenvalue weighted by Gasteiger charge is 2.28. The molecule has 0 radical (unpaired) electrons. The molecule has 5 heteroatoms. The highest BCUT2D eigenvalue weighted by Crippen LogP contribution is 2.26. The molecule has 2 aromatic rings. The van der Waals surface area contributed by atoms with Crippen LogP contribution in [0.1, 0.15) is 18.4 Å². The SMILES string of the molecule is OC1(CNCc2cnc3ccsc3c2)CCSCC1. The molecule has 0 amide bonds. The second kappa shape index (κ2) is 5.79. The minimum atomic E-state index is -0.508. The van der Waals surface area contributed by atoms with Crippen LogP contribution in [-0.2, 0) is 6.54 Å². The average Bonchev–Trinajstić information content (AvgIpc) is 2.87. The second-order valence-corrected chi connectivity index (χ2v) is 7.26. The van der Waals surface area contributed by atoms with E-state index in [4.69, 9.17) is 0 Å². The van der Waals surface area contributed by atoms with Gasteiger partial charge < -0.3 is 10.4 Å². The zero-order valence-electron chi connectivity index (χ0n) is 10.8. The van der Waals surface area contributed by atoms with E-state index in [1.54, 1.807) is 11.3 Å². The van der Waals surface area contributed by atoms with Crippen molar-refractivity contribution in [3.8, 4) is 0 Å². The number of nitrogens with zero attached hydrogens (tertiary/aromatic N) is 1. The Kier molecular flexibility index (Phi) is 4.07. The molecule has 0 unspecified atom stereocenters. The maximum atomic E-state index is 10.4. The van der Waals surface area contributed by atoms with Crippen LogP contribution in [0.5, 0.6) is 0 Å². The smallest absolute Gasteiger partial charge is 0.0809 e. The van der Waals surface area contributed by atoms with Crippen LogP contribution in [0.3, 0.4) is 0 Å². The predicted octanol–water partition coefficient (Wildman–Crippen LogP) is 2.64. The molecular weight excluding hydrogens is 276 g/mol. The van der Waals surface area contributed by atoms with Crippen molar-refractivity contribution >= 4 is 33.3 Å². The lowest BCUT2D eigenvalue weighted by molar-refractivity contribution is 0.0320. The Labute approximate surface area is 121 Å². The third-order valence-electron chi connectivity index (χ3n) is 3.57. The fourth-order valence-electron chi connectivity index (χ4n) is 2.35. The first-order chi connectivity index (χ1) is 9.25. The lowest BCUT2D eigenvalue weighted by Crippen LogP contribution is -2.43. The average molecular weight is 294 g/mol. The van der Waals surface area contributed by atoms with Gasteiger partial charge in [0.25, 0.3) is 0 Å². The Hall–Kier alpha value is -0.620. The standard InChI is InChI=1S/C14H18N2OS2/c17-14(2-5-18-6-3-14)10-15-8-11-7-13-12(16-9-11)1-4-19-13/h1,4,7,9,15,17H,2-3,5-6,8,10H2. The van der Waals surface area contributed by atoms with Gasteiger partial charge in [0.05, 0.1) is 15.8 Å². The van der Waals surface area contributed by atoms with Crippen molar-refractivity contribution in [1.82, 2.24) is 10.3 Å². The molecule has 1 aliphatic heterocycles. The molecule has 0 aromatic carbocycles. The van der Waals surface area contributed by atoms with Gasteiger partial charge in [-0.25, -0.2) is 0 Å². The van der Waals surface area contributed by atoms with Crippen LogP contribution in [0.25, 0.3) is 10.2 Å². The summed E-state index contributed by atoms with van der Waals surface area (Å²) in [7, 11) is 0. The van der Waals surface area contributed by atoms with Gasteiger partial charge in [-0.15, -0.1) is 11.3 Å². The lowest BCUT2D eigenvalue weighted by atomic mass is 9.97. The van der Waals surface area contributed by atoms with Crippen LogP contribution in [0.2, 0.25) is 0 Å². The zero-order chi connectivity index (χ0) is 13.1. The van der Waals surface area contributed by atoms with Gasteiger partial charge >= 0.3 is 0 Å². The van der Waals surface area contributed by atoms with E-state index in [0.29, 0.717) is 6.54 Å². The molecule has 0 atom stereocenters. The largest absolute Gasteiger partial charge is 0.389 e. The van der Waals surface area contributed by atoms with Gasteiger partial charge in [0.1, 0.15) is 0 Å². The van der Waals surface area contributed by atoms with Gasteiger partial charge in [-0.3, -0.25) is 4.98 Å². The maximum absolute atomic E-state index is 10.4. The van der Waals surface area contributed by atoms with Crippen molar-refractivity contribution in [2.24, 2.45) is 0 Å². The fraction of sp³-hybridized carbons (Fsp3) is 0.500. The Balaban J connectivity index is 1.56. The molecule has 1 saturated heterocycles. The first-order valence-electron chi connectivity index (χ1n) is 6.58. The molecular formula is C14H18N2OS2. The lowest BCUT2D eigenvalue weighted by Gasteiger charge is -2.32. The zero-order valence-corrected chi connectivity index (χ0v) is 12.4. The summed E-state index contributed by atoms with van der Waals surface area (Å²) in [5.74, 6) is 2.14. The Morgan fingerprint density at radius 2 is 2.21 bits per heavy atom. The van der Waals surface area contributed by atoms with E-state index in [9.17, 15) is 5.11 Å². The van der Waals surface area contributed by atoms with Crippen molar-refractivity contribution in [2.75, 3.05) is 18.1 Å². The molecule has 1 fully saturated rings. The topological polar surface area (TPSA) is 45.1 Å². The number of hydrogen-bond acceptors (Lipinski definition) is 5. The van der Waals surface area contributed by atoms with Crippen LogP contribution in [-0.4, -0.2) is 33.7 Å². The van der Waals surface area contributed by atoms with E-state index < -0.39 is 5.60 Å². The number of aliphatic hydroxyl groups is 1. The molecule has 0 saturated carbocycles. The summed E-state index contributed by atoms with van der Waals surface area (Å²) in [6.07, 6.45) is 3.71. The van der Waals surface area contributed by atoms with Gasteiger partial charge in [0.15, 0.2) is 0 Å². The van der Waals surface area contributed by atoms with Crippen LogP contribution in [0.15, 0.2) is 23.7 Å². The maximum Gasteiger partial charge on any atom is 0.0809 e. The van der Waals surface area contributed by atoms with E-state index in [1.165, 1.54) is 10.3 Å². The Bertz CT molecular complexity index is 549. The van der Waals surface area contributed by atoms with Gasteiger partial charge in [0, 0.05) is 19.3 Å². The molecule has 0 bridgehead atoms. The summed E-state index contributed by atoms with van der Waals surface area (Å²) in [5.41, 5.74) is 1.74. The fourth-order valence-corrected chi connectivity index (χ4v) is 4.41. The van der Waals surface area contributed by atoms with Crippen molar-refractivity contribution in [3.05, 3.63) is 29.3 Å². The minimum Gasteiger partial charge on any atom is -0.389 e. The quantitative estimate of drug-likeness (QED) is 0.910. The van der Waals surface area contributed by atoms with E-state index in [0.717, 1.165) is 36.4 Å². The van der Waals surface area contributed by atoms with E-state index in [2.05, 4.69) is 21.7 Å². The number of rotatable bonds is 4. The van der Waals surface area contributed by atoms with Crippen LogP contribution in [0.4, 0.5) is 0 Å². The van der Waals surface area contributed by atoms with Gasteiger partial charge in [-0.1, -0.05) is 0 Å². The summed E-state index contributed by atoms with van der Waals surface area (Å²) in [6.45, 7) is 1.45. The number of thioether (sulfide) groups is 1. The number of pyridine rings is 1. The van der Waals surface area contributed by atoms with Crippen LogP contribution >= 0.6 is 23.1 Å². The monoisotopic (exact) mass is 294 g/mol. The van der Waals surface area contributed by atoms with Crippen molar-refractivity contribution in [3.63, 3.8) is 0 Å². The van der Waals surface area contributed by atoms with Gasteiger partial charge in [-0.05, 0) is 47.4 Å². The Morgan fingerprint density at radius 3 is 3.05 bits per heavy atom. The van der Waals surface area contributed by atoms with Crippen molar-refractivity contribution in [2.45, 2.75) is 25.0 Å². The second-order valence-electron chi connectivity index (χ2n) is 5.09. The third kappa shape index (κ3) is 3.28. The molecule has 2 N–H and O–H groups in total. The normalized spacial score (nSPS) is 18.8. The first kappa shape index (κ1) is 13.4. The molecule has 2 aromatic heterocycles. The highest BCUT2D eigenvalue weighted by atomic mass is 32.2. The van der Waals surface area contributed by atoms with Crippen LogP contribution < -0.4 is 5.32 Å². The third-order valence-corrected chi connectivity index (χ3v) is 5.40. The van der Waals surface area contributed by atoms with Crippen molar-refractivity contribution in [1.29, 1.82) is 0 Å². The number of thiophene rings is 1. The molecule has 0 spiro atoms. The van der Waals surface area contributed by atoms with Crippen molar-refractivity contribution < 1.29 is 5.11 Å². The summed E-state index contributed by atoms with van der Waals surface area (Å²) in [4.78, 5) is 4.43.